The van der Waals surface area contributed by atoms with E-state index in [0.29, 0.717) is 0 Å². The van der Waals surface area contributed by atoms with Crippen molar-refractivity contribution >= 4 is 0 Å². The van der Waals surface area contributed by atoms with Crippen LogP contribution in [0.25, 0.3) is 0 Å². The van der Waals surface area contributed by atoms with Gasteiger partial charge in [0, 0.05) is 5.41 Å². The molecule has 104 valence electrons. The van der Waals surface area contributed by atoms with E-state index in [4.69, 9.17) is 0 Å². The van der Waals surface area contributed by atoms with Gasteiger partial charge in [0.1, 0.15) is 0 Å². The van der Waals surface area contributed by atoms with Gasteiger partial charge in [0.05, 0.1) is 0 Å². The van der Waals surface area contributed by atoms with Gasteiger partial charge in [-0.1, -0.05) is 60.7 Å². The first-order chi connectivity index (χ1) is 9.85. The van der Waals surface area contributed by atoms with Gasteiger partial charge >= 0.3 is 0 Å². The van der Waals surface area contributed by atoms with Crippen molar-refractivity contribution in [2.75, 3.05) is 13.6 Å². The van der Waals surface area contributed by atoms with E-state index in [1.807, 2.05) is 0 Å². The second-order valence-corrected chi connectivity index (χ2v) is 5.98. The van der Waals surface area contributed by atoms with Crippen molar-refractivity contribution in [1.29, 1.82) is 0 Å². The molecule has 0 aromatic heterocycles. The first-order valence-corrected chi connectivity index (χ1v) is 7.61. The summed E-state index contributed by atoms with van der Waals surface area (Å²) < 4.78 is 0. The van der Waals surface area contributed by atoms with E-state index >= 15 is 0 Å². The Hall–Kier alpha value is -1.60. The number of nitrogens with one attached hydrogen (secondary N) is 1. The van der Waals surface area contributed by atoms with Crippen LogP contribution in [0.5, 0.6) is 0 Å². The molecule has 1 aliphatic rings. The molecule has 0 spiro atoms. The Labute approximate surface area is 122 Å². The van der Waals surface area contributed by atoms with Gasteiger partial charge in [-0.15, -0.1) is 0 Å². The average Bonchev–Trinajstić information content (AvgIpc) is 2.95. The molecule has 0 saturated heterocycles. The fourth-order valence-corrected chi connectivity index (χ4v) is 3.82. The van der Waals surface area contributed by atoms with Gasteiger partial charge in [0.2, 0.25) is 0 Å². The molecule has 2 aromatic rings. The summed E-state index contributed by atoms with van der Waals surface area (Å²) >= 11 is 0. The molecule has 1 N–H and O–H groups in total. The molecule has 0 amide bonds. The van der Waals surface area contributed by atoms with Gasteiger partial charge in [0.25, 0.3) is 0 Å². The molecule has 20 heavy (non-hydrogen) atoms. The van der Waals surface area contributed by atoms with Crippen LogP contribution < -0.4 is 5.32 Å². The standard InChI is InChI=1S/C19H23N/c1-20-15-16-12-13-19(14-16,17-8-4-2-5-9-17)18-10-6-3-7-11-18/h2-11,16,20H,12-15H2,1H3. The normalized spacial score (nSPS) is 20.9. The van der Waals surface area contributed by atoms with Gasteiger partial charge in [-0.2, -0.15) is 0 Å². The third-order valence-electron chi connectivity index (χ3n) is 4.76. The van der Waals surface area contributed by atoms with Crippen LogP contribution in [0.2, 0.25) is 0 Å². The van der Waals surface area contributed by atoms with Crippen molar-refractivity contribution in [1.82, 2.24) is 5.32 Å². The predicted octanol–water partition coefficient (Wildman–Crippen LogP) is 3.99. The molecule has 3 rings (SSSR count). The quantitative estimate of drug-likeness (QED) is 0.881. The summed E-state index contributed by atoms with van der Waals surface area (Å²) in [4.78, 5) is 0. The highest BCUT2D eigenvalue weighted by atomic mass is 14.8. The Kier molecular flexibility index (Phi) is 3.88. The first kappa shape index (κ1) is 13.4. The smallest absolute Gasteiger partial charge is 0.0206 e. The Bertz CT molecular complexity index is 493. The Morgan fingerprint density at radius 2 is 1.50 bits per heavy atom. The van der Waals surface area contributed by atoms with Crippen LogP contribution in [0.3, 0.4) is 0 Å². The molecule has 0 aliphatic heterocycles. The minimum absolute atomic E-state index is 0.212. The van der Waals surface area contributed by atoms with Gasteiger partial charge in [-0.3, -0.25) is 0 Å². The molecule has 1 heteroatoms. The lowest BCUT2D eigenvalue weighted by Crippen LogP contribution is -2.26. The van der Waals surface area contributed by atoms with Crippen molar-refractivity contribution < 1.29 is 0 Å². The summed E-state index contributed by atoms with van der Waals surface area (Å²) in [6.45, 7) is 1.13. The number of rotatable bonds is 4. The SMILES string of the molecule is CNCC1CCC(c2ccccc2)(c2ccccc2)C1. The minimum Gasteiger partial charge on any atom is -0.319 e. The zero-order valence-electron chi connectivity index (χ0n) is 12.2. The predicted molar refractivity (Wildman–Crippen MR) is 84.9 cm³/mol. The van der Waals surface area contributed by atoms with Crippen LogP contribution in [0.1, 0.15) is 30.4 Å². The largest absolute Gasteiger partial charge is 0.319 e. The highest BCUT2D eigenvalue weighted by molar-refractivity contribution is 5.40. The fraction of sp³-hybridized carbons (Fsp3) is 0.368. The van der Waals surface area contributed by atoms with Crippen molar-refractivity contribution in [3.05, 3.63) is 71.8 Å². The number of hydrogen-bond donors (Lipinski definition) is 1. The van der Waals surface area contributed by atoms with E-state index in [2.05, 4.69) is 73.0 Å². The summed E-state index contributed by atoms with van der Waals surface area (Å²) in [5.74, 6) is 0.778. The lowest BCUT2D eigenvalue weighted by molar-refractivity contribution is 0.467. The topological polar surface area (TPSA) is 12.0 Å². The third-order valence-corrected chi connectivity index (χ3v) is 4.76. The van der Waals surface area contributed by atoms with E-state index in [-0.39, 0.29) is 5.41 Å². The summed E-state index contributed by atoms with van der Waals surface area (Å²) in [5.41, 5.74) is 3.17. The number of hydrogen-bond acceptors (Lipinski definition) is 1. The Morgan fingerprint density at radius 3 is 2.00 bits per heavy atom. The minimum atomic E-state index is 0.212. The van der Waals surface area contributed by atoms with E-state index in [1.54, 1.807) is 0 Å². The zero-order valence-corrected chi connectivity index (χ0v) is 12.2. The van der Waals surface area contributed by atoms with Crippen molar-refractivity contribution in [3.8, 4) is 0 Å². The number of benzene rings is 2. The van der Waals surface area contributed by atoms with E-state index in [0.717, 1.165) is 12.5 Å². The maximum atomic E-state index is 3.35. The maximum Gasteiger partial charge on any atom is 0.0206 e. The molecule has 1 saturated carbocycles. The highest BCUT2D eigenvalue weighted by Crippen LogP contribution is 2.48. The summed E-state index contributed by atoms with van der Waals surface area (Å²) in [6.07, 6.45) is 3.82. The molecule has 0 bridgehead atoms. The maximum absolute atomic E-state index is 3.35. The zero-order chi connectivity index (χ0) is 13.8. The van der Waals surface area contributed by atoms with Crippen LogP contribution in [-0.2, 0) is 5.41 Å². The van der Waals surface area contributed by atoms with Gasteiger partial charge in [-0.05, 0) is 49.9 Å². The first-order valence-electron chi connectivity index (χ1n) is 7.61. The van der Waals surface area contributed by atoms with Crippen LogP contribution in [0.15, 0.2) is 60.7 Å². The lowest BCUT2D eigenvalue weighted by Gasteiger charge is -2.31. The highest BCUT2D eigenvalue weighted by Gasteiger charge is 2.41. The van der Waals surface area contributed by atoms with E-state index in [1.165, 1.54) is 30.4 Å². The Morgan fingerprint density at radius 1 is 0.950 bits per heavy atom. The Balaban J connectivity index is 2.01. The molecule has 0 radical (unpaired) electrons. The van der Waals surface area contributed by atoms with Crippen molar-refractivity contribution in [2.45, 2.75) is 24.7 Å². The molecular formula is C19H23N. The molecule has 1 nitrogen and oxygen atoms in total. The second-order valence-electron chi connectivity index (χ2n) is 5.98. The third kappa shape index (κ3) is 2.38. The van der Waals surface area contributed by atoms with Gasteiger partial charge in [-0.25, -0.2) is 0 Å². The van der Waals surface area contributed by atoms with Crippen LogP contribution in [0.4, 0.5) is 0 Å². The average molecular weight is 265 g/mol. The van der Waals surface area contributed by atoms with E-state index in [9.17, 15) is 0 Å². The van der Waals surface area contributed by atoms with Crippen LogP contribution in [-0.4, -0.2) is 13.6 Å². The molecular weight excluding hydrogens is 242 g/mol. The van der Waals surface area contributed by atoms with Crippen LogP contribution in [0, 0.1) is 5.92 Å². The fourth-order valence-electron chi connectivity index (χ4n) is 3.82. The summed E-state index contributed by atoms with van der Waals surface area (Å²) in [5, 5.41) is 3.35. The summed E-state index contributed by atoms with van der Waals surface area (Å²) in [7, 11) is 2.06. The molecule has 1 unspecified atom stereocenters. The van der Waals surface area contributed by atoms with E-state index < -0.39 is 0 Å². The molecule has 0 heterocycles. The monoisotopic (exact) mass is 265 g/mol. The van der Waals surface area contributed by atoms with Crippen molar-refractivity contribution in [3.63, 3.8) is 0 Å². The van der Waals surface area contributed by atoms with Gasteiger partial charge in [0.15, 0.2) is 0 Å². The molecule has 1 atom stereocenters. The molecule has 2 aromatic carbocycles. The van der Waals surface area contributed by atoms with Crippen molar-refractivity contribution in [2.24, 2.45) is 5.92 Å². The van der Waals surface area contributed by atoms with Crippen LogP contribution >= 0.6 is 0 Å². The summed E-state index contributed by atoms with van der Waals surface area (Å²) in [6, 6.07) is 22.1. The second kappa shape index (κ2) is 5.80. The molecule has 1 fully saturated rings. The van der Waals surface area contributed by atoms with Gasteiger partial charge < -0.3 is 5.32 Å². The lowest BCUT2D eigenvalue weighted by atomic mass is 9.72. The molecule has 1 aliphatic carbocycles.